The Kier molecular flexibility index (Phi) is 11.2. The molecule has 1 aromatic heterocycles. The first-order chi connectivity index (χ1) is 20.9. The van der Waals surface area contributed by atoms with Crippen LogP contribution in [0.2, 0.25) is 0 Å². The smallest absolute Gasteiger partial charge is 0.475 e. The van der Waals surface area contributed by atoms with Gasteiger partial charge in [0, 0.05) is 44.3 Å². The monoisotopic (exact) mass is 648 g/mol. The van der Waals surface area contributed by atoms with Crippen LogP contribution in [0.1, 0.15) is 35.2 Å². The summed E-state index contributed by atoms with van der Waals surface area (Å²) in [7, 11) is 1.80. The minimum Gasteiger partial charge on any atom is -0.475 e. The highest BCUT2D eigenvalue weighted by atomic mass is 19.4. The molecule has 0 bridgehead atoms. The highest BCUT2D eigenvalue weighted by molar-refractivity contribution is 5.73. The molecule has 0 unspecified atom stereocenters. The van der Waals surface area contributed by atoms with Crippen molar-refractivity contribution < 1.29 is 50.5 Å². The second-order valence-electron chi connectivity index (χ2n) is 10.8. The number of aromatic amines is 1. The second kappa shape index (κ2) is 14.3. The van der Waals surface area contributed by atoms with E-state index in [1.165, 1.54) is 11.6 Å². The van der Waals surface area contributed by atoms with Gasteiger partial charge in [0.1, 0.15) is 5.82 Å². The number of carbonyl (C=O) groups is 2. The van der Waals surface area contributed by atoms with E-state index >= 15 is 0 Å². The number of nitrogens with zero attached hydrogens (tertiary/aromatic N) is 3. The number of aromatic nitrogens is 2. The van der Waals surface area contributed by atoms with Crippen molar-refractivity contribution in [3.63, 3.8) is 0 Å². The molecule has 0 amide bonds. The van der Waals surface area contributed by atoms with Gasteiger partial charge in [0.25, 0.3) is 5.56 Å². The van der Waals surface area contributed by atoms with Gasteiger partial charge in [-0.1, -0.05) is 42.5 Å². The van der Waals surface area contributed by atoms with Crippen molar-refractivity contribution in [2.24, 2.45) is 7.05 Å². The highest BCUT2D eigenvalue weighted by Crippen LogP contribution is 2.40. The number of likely N-dealkylation sites (tertiary alicyclic amines) is 1. The maximum absolute atomic E-state index is 13.7. The SMILES string of the molecule is Cn1[nH]c2c(c1=O)CN(Cc1cccc(F)c1)CC21CCN(Cc2ccccc2)CC1.O=C(O)C(F)(F)F.O=C(O)C(F)(F)F. The van der Waals surface area contributed by atoms with Crippen LogP contribution in [0.15, 0.2) is 59.4 Å². The molecule has 1 saturated heterocycles. The lowest BCUT2D eigenvalue weighted by atomic mass is 9.72. The Morgan fingerprint density at radius 2 is 1.36 bits per heavy atom. The van der Waals surface area contributed by atoms with Gasteiger partial charge in [-0.25, -0.2) is 14.0 Å². The highest BCUT2D eigenvalue weighted by Gasteiger charge is 2.44. The van der Waals surface area contributed by atoms with Gasteiger partial charge in [-0.15, -0.1) is 0 Å². The van der Waals surface area contributed by atoms with Crippen LogP contribution in [0.3, 0.4) is 0 Å². The Morgan fingerprint density at radius 1 is 0.844 bits per heavy atom. The number of benzene rings is 2. The summed E-state index contributed by atoms with van der Waals surface area (Å²) in [6.45, 7) is 5.11. The van der Waals surface area contributed by atoms with Gasteiger partial charge < -0.3 is 10.2 Å². The Morgan fingerprint density at radius 3 is 1.87 bits per heavy atom. The van der Waals surface area contributed by atoms with Crippen molar-refractivity contribution in [2.45, 2.75) is 50.2 Å². The third kappa shape index (κ3) is 9.65. The number of halogens is 7. The van der Waals surface area contributed by atoms with E-state index in [0.29, 0.717) is 13.1 Å². The van der Waals surface area contributed by atoms with Crippen LogP contribution in [0.5, 0.6) is 0 Å². The zero-order valence-electron chi connectivity index (χ0n) is 24.0. The molecule has 3 aromatic rings. The number of rotatable bonds is 4. The number of piperidine rings is 1. The third-order valence-corrected chi connectivity index (χ3v) is 7.42. The van der Waals surface area contributed by atoms with E-state index < -0.39 is 24.3 Å². The van der Waals surface area contributed by atoms with Crippen molar-refractivity contribution in [1.29, 1.82) is 0 Å². The van der Waals surface area contributed by atoms with Crippen molar-refractivity contribution in [3.05, 3.63) is 93.2 Å². The molecule has 0 radical (unpaired) electrons. The summed E-state index contributed by atoms with van der Waals surface area (Å²) >= 11 is 0. The molecule has 9 nitrogen and oxygen atoms in total. The standard InChI is InChI=1S/C25H29FN4O.2C2HF3O2/c1-28-24(31)22-17-30(16-20-8-5-9-21(26)14-20)18-25(23(22)27-28)10-12-29(13-11-25)15-19-6-3-2-4-7-19;2*3-2(4,5)1(6)7/h2-9,14,27H,10-13,15-18H2,1H3;2*(H,6,7). The van der Waals surface area contributed by atoms with Gasteiger partial charge in [0.05, 0.1) is 5.56 Å². The Balaban J connectivity index is 0.000000331. The van der Waals surface area contributed by atoms with E-state index in [9.17, 15) is 35.5 Å². The lowest BCUT2D eigenvalue weighted by Gasteiger charge is -2.47. The minimum atomic E-state index is -5.08. The average molecular weight is 649 g/mol. The first-order valence-electron chi connectivity index (χ1n) is 13.5. The molecule has 246 valence electrons. The van der Waals surface area contributed by atoms with Crippen molar-refractivity contribution >= 4 is 11.9 Å². The van der Waals surface area contributed by atoms with Crippen LogP contribution in [0.25, 0.3) is 0 Å². The summed E-state index contributed by atoms with van der Waals surface area (Å²) in [6, 6.07) is 17.4. The molecule has 16 heteroatoms. The largest absolute Gasteiger partial charge is 0.490 e. The summed E-state index contributed by atoms with van der Waals surface area (Å²) in [5.74, 6) is -5.73. The number of aryl methyl sites for hydroxylation is 1. The molecule has 0 saturated carbocycles. The molecule has 1 fully saturated rings. The van der Waals surface area contributed by atoms with E-state index in [4.69, 9.17) is 19.8 Å². The number of hydrogen-bond donors (Lipinski definition) is 3. The Labute approximate surface area is 252 Å². The molecule has 0 aliphatic carbocycles. The van der Waals surface area contributed by atoms with E-state index in [1.54, 1.807) is 23.9 Å². The lowest BCUT2D eigenvalue weighted by molar-refractivity contribution is -0.193. The molecule has 3 heterocycles. The first-order valence-corrected chi connectivity index (χ1v) is 13.5. The second-order valence-corrected chi connectivity index (χ2v) is 10.8. The quantitative estimate of drug-likeness (QED) is 0.352. The van der Waals surface area contributed by atoms with Crippen molar-refractivity contribution in [2.75, 3.05) is 19.6 Å². The molecular formula is C29H31F7N4O5. The van der Waals surface area contributed by atoms with Gasteiger partial charge in [0.2, 0.25) is 0 Å². The molecule has 2 aromatic carbocycles. The number of fused-ring (bicyclic) bond motifs is 2. The Bertz CT molecular complexity index is 1490. The van der Waals surface area contributed by atoms with E-state index in [-0.39, 0.29) is 16.8 Å². The average Bonchev–Trinajstić information content (AvgIpc) is 3.24. The van der Waals surface area contributed by atoms with Crippen LogP contribution >= 0.6 is 0 Å². The fourth-order valence-electron chi connectivity index (χ4n) is 5.36. The summed E-state index contributed by atoms with van der Waals surface area (Å²) in [5.41, 5.74) is 4.28. The minimum absolute atomic E-state index is 0.0602. The number of aliphatic carboxylic acids is 2. The summed E-state index contributed by atoms with van der Waals surface area (Å²) in [4.78, 5) is 35.4. The van der Waals surface area contributed by atoms with Gasteiger partial charge in [-0.05, 0) is 49.2 Å². The molecule has 45 heavy (non-hydrogen) atoms. The number of carboxylic acid groups (broad SMARTS) is 2. The number of hydrogen-bond acceptors (Lipinski definition) is 5. The van der Waals surface area contributed by atoms with Gasteiger partial charge >= 0.3 is 24.3 Å². The molecule has 2 aliphatic heterocycles. The van der Waals surface area contributed by atoms with Crippen LogP contribution in [-0.2, 0) is 41.7 Å². The van der Waals surface area contributed by atoms with Crippen molar-refractivity contribution in [1.82, 2.24) is 19.6 Å². The summed E-state index contributed by atoms with van der Waals surface area (Å²) in [5, 5.41) is 17.6. The number of alkyl halides is 6. The number of H-pyrrole nitrogens is 1. The van der Waals surface area contributed by atoms with E-state index in [0.717, 1.165) is 55.8 Å². The first kappa shape index (κ1) is 35.3. The molecule has 1 spiro atoms. The van der Waals surface area contributed by atoms with Gasteiger partial charge in [0.15, 0.2) is 0 Å². The zero-order valence-corrected chi connectivity index (χ0v) is 24.0. The fourth-order valence-corrected chi connectivity index (χ4v) is 5.36. The molecule has 3 N–H and O–H groups in total. The molecular weight excluding hydrogens is 617 g/mol. The number of nitrogens with one attached hydrogen (secondary N) is 1. The zero-order chi connectivity index (χ0) is 33.6. The topological polar surface area (TPSA) is 119 Å². The molecule has 2 aliphatic rings. The van der Waals surface area contributed by atoms with E-state index in [1.807, 2.05) is 6.07 Å². The van der Waals surface area contributed by atoms with Crippen LogP contribution in [0, 0.1) is 5.82 Å². The van der Waals surface area contributed by atoms with E-state index in [2.05, 4.69) is 45.2 Å². The maximum Gasteiger partial charge on any atom is 0.490 e. The maximum atomic E-state index is 13.7. The van der Waals surface area contributed by atoms with Crippen LogP contribution in [0.4, 0.5) is 30.7 Å². The third-order valence-electron chi connectivity index (χ3n) is 7.42. The van der Waals surface area contributed by atoms with Gasteiger partial charge in [-0.2, -0.15) is 26.3 Å². The number of carboxylic acids is 2. The van der Waals surface area contributed by atoms with Gasteiger partial charge in [-0.3, -0.25) is 24.4 Å². The Hall–Kier alpha value is -4.18. The molecule has 0 atom stereocenters. The predicted octanol–water partition coefficient (Wildman–Crippen LogP) is 4.67. The predicted molar refractivity (Wildman–Crippen MR) is 147 cm³/mol. The molecule has 5 rings (SSSR count). The van der Waals surface area contributed by atoms with Crippen LogP contribution < -0.4 is 5.56 Å². The van der Waals surface area contributed by atoms with Crippen molar-refractivity contribution in [3.8, 4) is 0 Å². The summed E-state index contributed by atoms with van der Waals surface area (Å²) in [6.07, 6.45) is -8.15. The van der Waals surface area contributed by atoms with Crippen LogP contribution in [-0.4, -0.2) is 73.7 Å². The normalized spacial score (nSPS) is 16.5. The fraction of sp³-hybridized carbons (Fsp3) is 0.414. The lowest BCUT2D eigenvalue weighted by Crippen LogP contribution is -2.52. The summed E-state index contributed by atoms with van der Waals surface area (Å²) < 4.78 is 78.8.